The quantitative estimate of drug-likeness (QED) is 0.428. The third kappa shape index (κ3) is 7.00. The fourth-order valence-corrected chi connectivity index (χ4v) is 3.02. The Morgan fingerprint density at radius 3 is 0.815 bits per heavy atom. The molecule has 0 spiro atoms. The number of phenolic OH excluding ortho intramolecular Hbond substituents is 2. The predicted molar refractivity (Wildman–Crippen MR) is 113 cm³/mol. The molecule has 2 aromatic rings. The molecule has 150 valence electrons. The van der Waals surface area contributed by atoms with Gasteiger partial charge in [-0.1, -0.05) is 91.8 Å². The molecule has 0 radical (unpaired) electrons. The summed E-state index contributed by atoms with van der Waals surface area (Å²) in [5.74, 6) is 2.51. The molecule has 0 fully saturated rings. The molecule has 0 saturated heterocycles. The maximum Gasteiger partial charge on any atom is 0.122 e. The number of hydrogen-bond donors (Lipinski definition) is 2. The number of phenols is 2. The number of hydrogen-bond acceptors (Lipinski definition) is 2. The van der Waals surface area contributed by atoms with Gasteiger partial charge in [-0.15, -0.1) is 0 Å². The molecule has 0 aliphatic rings. The number of benzene rings is 2. The van der Waals surface area contributed by atoms with Gasteiger partial charge in [0.05, 0.1) is 0 Å². The molecule has 0 aliphatic heterocycles. The molecular formula is C24H36O2W. The van der Waals surface area contributed by atoms with E-state index in [1.165, 1.54) is 0 Å². The Labute approximate surface area is 180 Å². The zero-order chi connectivity index (χ0) is 20.0. The van der Waals surface area contributed by atoms with Gasteiger partial charge in [-0.3, -0.25) is 0 Å². The number of rotatable bonds is 4. The van der Waals surface area contributed by atoms with Crippen LogP contribution in [0.5, 0.6) is 11.5 Å². The van der Waals surface area contributed by atoms with E-state index in [0.29, 0.717) is 35.2 Å². The molecule has 27 heavy (non-hydrogen) atoms. The van der Waals surface area contributed by atoms with E-state index in [4.69, 9.17) is 0 Å². The van der Waals surface area contributed by atoms with Crippen LogP contribution in [0.3, 0.4) is 0 Å². The number of para-hydroxylation sites is 2. The molecule has 2 rings (SSSR count). The second-order valence-corrected chi connectivity index (χ2v) is 8.19. The fourth-order valence-electron chi connectivity index (χ4n) is 3.02. The normalized spacial score (nSPS) is 10.8. The summed E-state index contributed by atoms with van der Waals surface area (Å²) in [5.41, 5.74) is 4.19. The second kappa shape index (κ2) is 11.5. The van der Waals surface area contributed by atoms with Crippen molar-refractivity contribution in [2.75, 3.05) is 0 Å². The van der Waals surface area contributed by atoms with Gasteiger partial charge >= 0.3 is 0 Å². The van der Waals surface area contributed by atoms with Gasteiger partial charge in [0.2, 0.25) is 0 Å². The van der Waals surface area contributed by atoms with E-state index in [-0.39, 0.29) is 21.1 Å². The molecule has 0 heterocycles. The summed E-state index contributed by atoms with van der Waals surface area (Å²) in [6, 6.07) is 12.0. The standard InChI is InChI=1S/2C12H18O.W/c2*1-8(2)10-6-5-7-11(9(3)4)12(10)13;/h2*5-9,13H,1-4H3;. The zero-order valence-electron chi connectivity index (χ0n) is 18.1. The summed E-state index contributed by atoms with van der Waals surface area (Å²) in [7, 11) is 0. The van der Waals surface area contributed by atoms with Crippen molar-refractivity contribution in [1.82, 2.24) is 0 Å². The van der Waals surface area contributed by atoms with Crippen LogP contribution in [0.4, 0.5) is 0 Å². The largest absolute Gasteiger partial charge is 0.507 e. The second-order valence-electron chi connectivity index (χ2n) is 8.19. The molecule has 0 amide bonds. The Bertz CT molecular complexity index is 590. The van der Waals surface area contributed by atoms with Crippen molar-refractivity contribution in [2.45, 2.75) is 79.1 Å². The summed E-state index contributed by atoms with van der Waals surface area (Å²) in [6.07, 6.45) is 0. The Morgan fingerprint density at radius 1 is 0.481 bits per heavy atom. The van der Waals surface area contributed by atoms with Crippen molar-refractivity contribution >= 4 is 0 Å². The minimum absolute atomic E-state index is 0. The van der Waals surface area contributed by atoms with Gasteiger partial charge in [-0.25, -0.2) is 0 Å². The van der Waals surface area contributed by atoms with Gasteiger partial charge in [0.15, 0.2) is 0 Å². The zero-order valence-corrected chi connectivity index (χ0v) is 21.0. The molecule has 0 atom stereocenters. The first-order valence-corrected chi connectivity index (χ1v) is 9.71. The van der Waals surface area contributed by atoms with E-state index in [1.807, 2.05) is 36.4 Å². The summed E-state index contributed by atoms with van der Waals surface area (Å²) < 4.78 is 0. The van der Waals surface area contributed by atoms with Crippen molar-refractivity contribution in [2.24, 2.45) is 0 Å². The summed E-state index contributed by atoms with van der Waals surface area (Å²) in [5, 5.41) is 19.9. The minimum atomic E-state index is 0. The van der Waals surface area contributed by atoms with Crippen LogP contribution in [0.15, 0.2) is 36.4 Å². The predicted octanol–water partition coefficient (Wildman–Crippen LogP) is 7.28. The average molecular weight is 540 g/mol. The Hall–Kier alpha value is -1.27. The van der Waals surface area contributed by atoms with Gasteiger partial charge in [-0.05, 0) is 45.9 Å². The first kappa shape index (κ1) is 25.7. The molecule has 3 heteroatoms. The fraction of sp³-hybridized carbons (Fsp3) is 0.500. The van der Waals surface area contributed by atoms with Gasteiger partial charge in [0.25, 0.3) is 0 Å². The van der Waals surface area contributed by atoms with Crippen molar-refractivity contribution in [3.8, 4) is 11.5 Å². The summed E-state index contributed by atoms with van der Waals surface area (Å²) in [6.45, 7) is 16.8. The van der Waals surface area contributed by atoms with Crippen molar-refractivity contribution in [3.05, 3.63) is 58.7 Å². The monoisotopic (exact) mass is 540 g/mol. The molecule has 0 saturated carbocycles. The van der Waals surface area contributed by atoms with Crippen molar-refractivity contribution < 1.29 is 31.3 Å². The first-order valence-electron chi connectivity index (χ1n) is 9.71. The third-order valence-corrected chi connectivity index (χ3v) is 4.68. The van der Waals surface area contributed by atoms with Crippen LogP contribution in [-0.2, 0) is 21.1 Å². The van der Waals surface area contributed by atoms with E-state index in [9.17, 15) is 10.2 Å². The van der Waals surface area contributed by atoms with Crippen LogP contribution in [-0.4, -0.2) is 10.2 Å². The summed E-state index contributed by atoms with van der Waals surface area (Å²) in [4.78, 5) is 0. The SMILES string of the molecule is CC(C)c1cccc(C(C)C)c1O.CC(C)c1cccc(C(C)C)c1O.[W]. The van der Waals surface area contributed by atoms with Crippen LogP contribution >= 0.6 is 0 Å². The molecule has 0 unspecified atom stereocenters. The Kier molecular flexibility index (Phi) is 11.0. The van der Waals surface area contributed by atoms with Crippen LogP contribution < -0.4 is 0 Å². The smallest absolute Gasteiger partial charge is 0.122 e. The first-order chi connectivity index (χ1) is 12.1. The van der Waals surface area contributed by atoms with Crippen LogP contribution in [0.1, 0.15) is 101 Å². The van der Waals surface area contributed by atoms with E-state index in [0.717, 1.165) is 22.3 Å². The molecule has 2 N–H and O–H groups in total. The Balaban J connectivity index is 0.000000483. The van der Waals surface area contributed by atoms with Gasteiger partial charge in [0, 0.05) is 21.1 Å². The minimum Gasteiger partial charge on any atom is -0.507 e. The summed E-state index contributed by atoms with van der Waals surface area (Å²) >= 11 is 0. The molecule has 2 aromatic carbocycles. The van der Waals surface area contributed by atoms with Crippen molar-refractivity contribution in [3.63, 3.8) is 0 Å². The molecule has 0 aromatic heterocycles. The van der Waals surface area contributed by atoms with Crippen LogP contribution in [0.2, 0.25) is 0 Å². The average Bonchev–Trinajstić information content (AvgIpc) is 2.54. The van der Waals surface area contributed by atoms with Gasteiger partial charge < -0.3 is 10.2 Å². The van der Waals surface area contributed by atoms with Crippen molar-refractivity contribution in [1.29, 1.82) is 0 Å². The molecule has 0 aliphatic carbocycles. The van der Waals surface area contributed by atoms with Gasteiger partial charge in [0.1, 0.15) is 11.5 Å². The topological polar surface area (TPSA) is 40.5 Å². The van der Waals surface area contributed by atoms with E-state index >= 15 is 0 Å². The van der Waals surface area contributed by atoms with Gasteiger partial charge in [-0.2, -0.15) is 0 Å². The molecule has 0 bridgehead atoms. The van der Waals surface area contributed by atoms with E-state index < -0.39 is 0 Å². The Morgan fingerprint density at radius 2 is 0.667 bits per heavy atom. The number of aromatic hydroxyl groups is 2. The third-order valence-electron chi connectivity index (χ3n) is 4.68. The molecular weight excluding hydrogens is 504 g/mol. The maximum absolute atomic E-state index is 9.93. The van der Waals surface area contributed by atoms with E-state index in [1.54, 1.807) is 0 Å². The van der Waals surface area contributed by atoms with Crippen LogP contribution in [0.25, 0.3) is 0 Å². The van der Waals surface area contributed by atoms with E-state index in [2.05, 4.69) is 55.4 Å². The maximum atomic E-state index is 9.93. The van der Waals surface area contributed by atoms with Crippen LogP contribution in [0, 0.1) is 0 Å². The molecule has 2 nitrogen and oxygen atoms in total.